The number of ether oxygens (including phenoxy) is 1. The zero-order chi connectivity index (χ0) is 13.5. The Morgan fingerprint density at radius 2 is 2.28 bits per heavy atom. The third kappa shape index (κ3) is 4.60. The van der Waals surface area contributed by atoms with Crippen molar-refractivity contribution in [1.29, 1.82) is 0 Å². The lowest BCUT2D eigenvalue weighted by atomic mass is 10.2. The van der Waals surface area contributed by atoms with E-state index in [1.807, 2.05) is 0 Å². The molecule has 0 aliphatic heterocycles. The summed E-state index contributed by atoms with van der Waals surface area (Å²) in [7, 11) is 1.56. The first-order valence-corrected chi connectivity index (χ1v) is 5.65. The highest BCUT2D eigenvalue weighted by atomic mass is 16.5. The Bertz CT molecular complexity index is 396. The van der Waals surface area contributed by atoms with Crippen molar-refractivity contribution >= 4 is 11.7 Å². The third-order valence-electron chi connectivity index (χ3n) is 2.45. The first-order valence-electron chi connectivity index (χ1n) is 5.65. The number of hydrogen-bond acceptors (Lipinski definition) is 4. The van der Waals surface area contributed by atoms with E-state index in [0.29, 0.717) is 11.4 Å². The standard InChI is InChI=1S/C12H19N3O3/c1-8(16)11(13)7-14-12(17)15-9-4-3-5-10(6-9)18-2/h3-6,8,11,16H,7,13H2,1-2H3,(H2,14,15,17). The maximum absolute atomic E-state index is 11.5. The first kappa shape index (κ1) is 14.3. The van der Waals surface area contributed by atoms with Gasteiger partial charge in [-0.15, -0.1) is 0 Å². The molecule has 0 fully saturated rings. The van der Waals surface area contributed by atoms with Crippen LogP contribution in [-0.2, 0) is 0 Å². The van der Waals surface area contributed by atoms with Crippen molar-refractivity contribution in [1.82, 2.24) is 5.32 Å². The van der Waals surface area contributed by atoms with Crippen LogP contribution in [0, 0.1) is 0 Å². The van der Waals surface area contributed by atoms with E-state index in [2.05, 4.69) is 10.6 Å². The number of rotatable bonds is 5. The van der Waals surface area contributed by atoms with E-state index in [0.717, 1.165) is 0 Å². The van der Waals surface area contributed by atoms with Crippen LogP contribution in [0.3, 0.4) is 0 Å². The summed E-state index contributed by atoms with van der Waals surface area (Å²) in [5, 5.41) is 14.4. The number of carbonyl (C=O) groups is 1. The van der Waals surface area contributed by atoms with Crippen molar-refractivity contribution in [2.45, 2.75) is 19.1 Å². The number of amides is 2. The Labute approximate surface area is 106 Å². The van der Waals surface area contributed by atoms with Gasteiger partial charge in [-0.25, -0.2) is 4.79 Å². The van der Waals surface area contributed by atoms with Crippen molar-refractivity contribution in [3.63, 3.8) is 0 Å². The molecule has 100 valence electrons. The summed E-state index contributed by atoms with van der Waals surface area (Å²) in [6.07, 6.45) is -0.665. The van der Waals surface area contributed by atoms with Crippen molar-refractivity contribution < 1.29 is 14.6 Å². The Morgan fingerprint density at radius 1 is 1.56 bits per heavy atom. The second-order valence-corrected chi connectivity index (χ2v) is 3.97. The van der Waals surface area contributed by atoms with E-state index in [1.54, 1.807) is 38.3 Å². The molecule has 0 saturated heterocycles. The normalized spacial score (nSPS) is 13.6. The fourth-order valence-electron chi connectivity index (χ4n) is 1.26. The molecule has 0 spiro atoms. The molecule has 2 amide bonds. The lowest BCUT2D eigenvalue weighted by Gasteiger charge is -2.15. The van der Waals surface area contributed by atoms with Crippen LogP contribution in [0.2, 0.25) is 0 Å². The van der Waals surface area contributed by atoms with Crippen LogP contribution >= 0.6 is 0 Å². The van der Waals surface area contributed by atoms with Gasteiger partial charge < -0.3 is 26.2 Å². The van der Waals surface area contributed by atoms with Gasteiger partial charge in [0.15, 0.2) is 0 Å². The number of aliphatic hydroxyl groups excluding tert-OH is 1. The van der Waals surface area contributed by atoms with E-state index >= 15 is 0 Å². The largest absolute Gasteiger partial charge is 0.497 e. The van der Waals surface area contributed by atoms with Crippen LogP contribution < -0.4 is 21.1 Å². The molecule has 2 atom stereocenters. The molecule has 2 unspecified atom stereocenters. The molecule has 1 rings (SSSR count). The number of hydrogen-bond donors (Lipinski definition) is 4. The fourth-order valence-corrected chi connectivity index (χ4v) is 1.26. The minimum atomic E-state index is -0.665. The van der Waals surface area contributed by atoms with Gasteiger partial charge in [-0.1, -0.05) is 6.07 Å². The number of nitrogens with two attached hydrogens (primary N) is 1. The Balaban J connectivity index is 2.44. The molecule has 0 heterocycles. The van der Waals surface area contributed by atoms with Crippen LogP contribution in [0.15, 0.2) is 24.3 Å². The fraction of sp³-hybridized carbons (Fsp3) is 0.417. The molecule has 0 bridgehead atoms. The van der Waals surface area contributed by atoms with Gasteiger partial charge in [-0.2, -0.15) is 0 Å². The zero-order valence-corrected chi connectivity index (χ0v) is 10.5. The summed E-state index contributed by atoms with van der Waals surface area (Å²) in [5.41, 5.74) is 6.21. The summed E-state index contributed by atoms with van der Waals surface area (Å²) in [6.45, 7) is 1.78. The molecule has 1 aromatic carbocycles. The van der Waals surface area contributed by atoms with E-state index in [4.69, 9.17) is 10.5 Å². The number of carbonyl (C=O) groups excluding carboxylic acids is 1. The van der Waals surface area contributed by atoms with E-state index in [-0.39, 0.29) is 12.6 Å². The smallest absolute Gasteiger partial charge is 0.319 e. The number of anilines is 1. The van der Waals surface area contributed by atoms with Crippen molar-refractivity contribution in [2.24, 2.45) is 5.73 Å². The average Bonchev–Trinajstić information content (AvgIpc) is 2.36. The van der Waals surface area contributed by atoms with Gasteiger partial charge >= 0.3 is 6.03 Å². The molecular formula is C12H19N3O3. The highest BCUT2D eigenvalue weighted by Gasteiger charge is 2.10. The van der Waals surface area contributed by atoms with E-state index < -0.39 is 12.1 Å². The quantitative estimate of drug-likeness (QED) is 0.615. The Kier molecular flexibility index (Phi) is 5.41. The summed E-state index contributed by atoms with van der Waals surface area (Å²) >= 11 is 0. The van der Waals surface area contributed by atoms with Crippen molar-refractivity contribution in [2.75, 3.05) is 19.0 Å². The van der Waals surface area contributed by atoms with Crippen LogP contribution in [0.25, 0.3) is 0 Å². The van der Waals surface area contributed by atoms with E-state index in [9.17, 15) is 9.90 Å². The van der Waals surface area contributed by atoms with Crippen LogP contribution in [0.4, 0.5) is 10.5 Å². The summed E-state index contributed by atoms with van der Waals surface area (Å²) in [6, 6.07) is 6.15. The highest BCUT2D eigenvalue weighted by molar-refractivity contribution is 5.89. The number of urea groups is 1. The van der Waals surface area contributed by atoms with Crippen LogP contribution in [-0.4, -0.2) is 36.9 Å². The molecule has 0 aliphatic carbocycles. The van der Waals surface area contributed by atoms with Crippen LogP contribution in [0.5, 0.6) is 5.75 Å². The SMILES string of the molecule is COc1cccc(NC(=O)NCC(N)C(C)O)c1. The van der Waals surface area contributed by atoms with Gasteiger partial charge in [-0.3, -0.25) is 0 Å². The molecule has 1 aromatic rings. The first-order chi connectivity index (χ1) is 8.52. The lowest BCUT2D eigenvalue weighted by Crippen LogP contribution is -2.44. The topological polar surface area (TPSA) is 96.6 Å². The third-order valence-corrected chi connectivity index (χ3v) is 2.45. The average molecular weight is 253 g/mol. The predicted molar refractivity (Wildman–Crippen MR) is 69.7 cm³/mol. The molecule has 6 heteroatoms. The summed E-state index contributed by atoms with van der Waals surface area (Å²) < 4.78 is 5.04. The maximum atomic E-state index is 11.5. The molecule has 0 saturated carbocycles. The van der Waals surface area contributed by atoms with Crippen LogP contribution in [0.1, 0.15) is 6.92 Å². The van der Waals surface area contributed by atoms with Gasteiger partial charge in [0.2, 0.25) is 0 Å². The Morgan fingerprint density at radius 3 is 2.89 bits per heavy atom. The Hall–Kier alpha value is -1.79. The molecule has 0 aliphatic rings. The van der Waals surface area contributed by atoms with Crippen molar-refractivity contribution in [3.05, 3.63) is 24.3 Å². The minimum Gasteiger partial charge on any atom is -0.497 e. The number of nitrogens with one attached hydrogen (secondary N) is 2. The number of aliphatic hydroxyl groups is 1. The number of benzene rings is 1. The highest BCUT2D eigenvalue weighted by Crippen LogP contribution is 2.16. The van der Waals surface area contributed by atoms with Gasteiger partial charge in [0.1, 0.15) is 5.75 Å². The summed E-state index contributed by atoms with van der Waals surface area (Å²) in [5.74, 6) is 0.661. The molecule has 18 heavy (non-hydrogen) atoms. The monoisotopic (exact) mass is 253 g/mol. The second kappa shape index (κ2) is 6.83. The van der Waals surface area contributed by atoms with Gasteiger partial charge in [0.25, 0.3) is 0 Å². The summed E-state index contributed by atoms with van der Waals surface area (Å²) in [4.78, 5) is 11.5. The molecule has 5 N–H and O–H groups in total. The predicted octanol–water partition coefficient (Wildman–Crippen LogP) is 0.525. The lowest BCUT2D eigenvalue weighted by molar-refractivity contribution is 0.162. The second-order valence-electron chi connectivity index (χ2n) is 3.97. The maximum Gasteiger partial charge on any atom is 0.319 e. The zero-order valence-electron chi connectivity index (χ0n) is 10.5. The molecule has 0 aromatic heterocycles. The van der Waals surface area contributed by atoms with Gasteiger partial charge in [-0.05, 0) is 19.1 Å². The van der Waals surface area contributed by atoms with Crippen molar-refractivity contribution in [3.8, 4) is 5.75 Å². The van der Waals surface area contributed by atoms with Gasteiger partial charge in [0.05, 0.1) is 13.2 Å². The van der Waals surface area contributed by atoms with Gasteiger partial charge in [0, 0.05) is 24.3 Å². The molecular weight excluding hydrogens is 234 g/mol. The van der Waals surface area contributed by atoms with E-state index in [1.165, 1.54) is 0 Å². The minimum absolute atomic E-state index is 0.202. The molecule has 6 nitrogen and oxygen atoms in total. The molecule has 0 radical (unpaired) electrons. The number of methoxy groups -OCH3 is 1.